The van der Waals surface area contributed by atoms with Crippen molar-refractivity contribution in [2.75, 3.05) is 7.05 Å². The second-order valence-electron chi connectivity index (χ2n) is 6.21. The van der Waals surface area contributed by atoms with Crippen molar-refractivity contribution in [3.8, 4) is 10.7 Å². The number of nitrogens with zero attached hydrogens (tertiary/aromatic N) is 2. The van der Waals surface area contributed by atoms with Crippen LogP contribution in [0.5, 0.6) is 0 Å². The molecule has 0 spiro atoms. The molecule has 1 N–H and O–H groups in total. The molecule has 0 radical (unpaired) electrons. The lowest BCUT2D eigenvalue weighted by Gasteiger charge is -2.36. The first-order valence-corrected chi connectivity index (χ1v) is 9.28. The van der Waals surface area contributed by atoms with Crippen LogP contribution >= 0.6 is 43.2 Å². The summed E-state index contributed by atoms with van der Waals surface area (Å²) in [5.74, 6) is 0.817. The molecule has 1 aliphatic carbocycles. The van der Waals surface area contributed by atoms with Gasteiger partial charge in [0.25, 0.3) is 0 Å². The molecule has 0 saturated heterocycles. The Labute approximate surface area is 145 Å². The molecular weight excluding hydrogens is 414 g/mol. The van der Waals surface area contributed by atoms with Gasteiger partial charge < -0.3 is 5.32 Å². The first-order chi connectivity index (χ1) is 9.89. The summed E-state index contributed by atoms with van der Waals surface area (Å²) in [5, 5.41) is 3.40. The molecule has 0 aliphatic heterocycles. The van der Waals surface area contributed by atoms with E-state index in [1.165, 1.54) is 11.3 Å². The second kappa shape index (κ2) is 5.72. The molecule has 1 atom stereocenters. The third kappa shape index (κ3) is 3.09. The lowest BCUT2D eigenvalue weighted by molar-refractivity contribution is 0.260. The number of rotatable bonds is 2. The largest absolute Gasteiger partial charge is 0.313 e. The van der Waals surface area contributed by atoms with E-state index in [9.17, 15) is 0 Å². The molecular formula is C15H17Br2N3S. The topological polar surface area (TPSA) is 37.8 Å². The smallest absolute Gasteiger partial charge is 0.169 e. The fraction of sp³-hybridized carbons (Fsp3) is 0.467. The molecule has 3 rings (SSSR count). The lowest BCUT2D eigenvalue weighted by atomic mass is 9.74. The van der Waals surface area contributed by atoms with Crippen molar-refractivity contribution in [3.63, 3.8) is 0 Å². The first kappa shape index (κ1) is 15.6. The van der Waals surface area contributed by atoms with Crippen molar-refractivity contribution >= 4 is 43.2 Å². The monoisotopic (exact) mass is 429 g/mol. The van der Waals surface area contributed by atoms with Gasteiger partial charge in [0.05, 0.1) is 8.66 Å². The fourth-order valence-corrected chi connectivity index (χ4v) is 4.86. The van der Waals surface area contributed by atoms with E-state index in [0.717, 1.165) is 31.8 Å². The van der Waals surface area contributed by atoms with Gasteiger partial charge >= 0.3 is 0 Å². The van der Waals surface area contributed by atoms with Crippen LogP contribution < -0.4 is 5.32 Å². The van der Waals surface area contributed by atoms with Gasteiger partial charge in [-0.05, 0) is 63.2 Å². The van der Waals surface area contributed by atoms with Crippen molar-refractivity contribution in [2.24, 2.45) is 5.41 Å². The summed E-state index contributed by atoms with van der Waals surface area (Å²) in [7, 11) is 2.01. The predicted molar refractivity (Wildman–Crippen MR) is 94.6 cm³/mol. The number of hydrogen-bond acceptors (Lipinski definition) is 4. The van der Waals surface area contributed by atoms with Gasteiger partial charge in [0.15, 0.2) is 5.82 Å². The molecule has 0 aromatic carbocycles. The van der Waals surface area contributed by atoms with Crippen LogP contribution in [0.4, 0.5) is 0 Å². The standard InChI is InChI=1S/C15H17Br2N3S/c1-15(2)5-10(18-3)8-7-19-14(20-11(8)6-15)12-4-9(16)13(17)21-12/h4,7,10,18H,5-6H2,1-3H3. The summed E-state index contributed by atoms with van der Waals surface area (Å²) in [6.45, 7) is 4.61. The summed E-state index contributed by atoms with van der Waals surface area (Å²) in [6.07, 6.45) is 4.12. The summed E-state index contributed by atoms with van der Waals surface area (Å²) in [5.41, 5.74) is 2.69. The maximum Gasteiger partial charge on any atom is 0.169 e. The van der Waals surface area contributed by atoms with Gasteiger partial charge in [-0.2, -0.15) is 0 Å². The first-order valence-electron chi connectivity index (χ1n) is 6.88. The number of nitrogens with one attached hydrogen (secondary N) is 1. The maximum absolute atomic E-state index is 4.85. The Morgan fingerprint density at radius 3 is 2.76 bits per heavy atom. The fourth-order valence-electron chi connectivity index (χ4n) is 2.88. The number of halogens is 2. The normalized spacial score (nSPS) is 20.3. The highest BCUT2D eigenvalue weighted by atomic mass is 79.9. The third-order valence-electron chi connectivity index (χ3n) is 3.89. The zero-order chi connectivity index (χ0) is 15.2. The van der Waals surface area contributed by atoms with E-state index in [2.05, 4.69) is 62.1 Å². The number of thiophene rings is 1. The van der Waals surface area contributed by atoms with E-state index < -0.39 is 0 Å². The van der Waals surface area contributed by atoms with Crippen LogP contribution in [0, 0.1) is 5.41 Å². The summed E-state index contributed by atoms with van der Waals surface area (Å²) in [4.78, 5) is 10.5. The number of aromatic nitrogens is 2. The molecule has 21 heavy (non-hydrogen) atoms. The predicted octanol–water partition coefficient (Wildman–Crippen LogP) is 4.96. The van der Waals surface area contributed by atoms with Crippen LogP contribution in [0.25, 0.3) is 10.7 Å². The quantitative estimate of drug-likeness (QED) is 0.731. The minimum Gasteiger partial charge on any atom is -0.313 e. The Balaban J connectivity index is 2.04. The molecule has 6 heteroatoms. The minimum absolute atomic E-state index is 0.267. The summed E-state index contributed by atoms with van der Waals surface area (Å²) >= 11 is 8.71. The zero-order valence-electron chi connectivity index (χ0n) is 12.2. The van der Waals surface area contributed by atoms with Gasteiger partial charge in [0.1, 0.15) is 0 Å². The Bertz CT molecular complexity index is 662. The summed E-state index contributed by atoms with van der Waals surface area (Å²) in [6, 6.07) is 2.42. The highest BCUT2D eigenvalue weighted by molar-refractivity contribution is 9.13. The second-order valence-corrected chi connectivity index (χ2v) is 9.44. The molecule has 0 saturated carbocycles. The van der Waals surface area contributed by atoms with Crippen LogP contribution in [0.1, 0.15) is 37.6 Å². The van der Waals surface area contributed by atoms with Crippen LogP contribution in [0.15, 0.2) is 20.5 Å². The number of hydrogen-bond donors (Lipinski definition) is 1. The molecule has 1 aliphatic rings. The van der Waals surface area contributed by atoms with E-state index in [-0.39, 0.29) is 5.41 Å². The zero-order valence-corrected chi connectivity index (χ0v) is 16.2. The van der Waals surface area contributed by atoms with Crippen LogP contribution in [0.2, 0.25) is 0 Å². The Morgan fingerprint density at radius 1 is 1.38 bits per heavy atom. The van der Waals surface area contributed by atoms with Crippen molar-refractivity contribution in [3.05, 3.63) is 31.8 Å². The van der Waals surface area contributed by atoms with Gasteiger partial charge in [-0.3, -0.25) is 0 Å². The van der Waals surface area contributed by atoms with Crippen molar-refractivity contribution in [1.29, 1.82) is 0 Å². The maximum atomic E-state index is 4.85. The molecule has 1 unspecified atom stereocenters. The molecule has 112 valence electrons. The van der Waals surface area contributed by atoms with E-state index in [1.807, 2.05) is 13.2 Å². The van der Waals surface area contributed by atoms with Gasteiger partial charge in [-0.1, -0.05) is 13.8 Å². The highest BCUT2D eigenvalue weighted by Gasteiger charge is 2.33. The SMILES string of the molecule is CNC1CC(C)(C)Cc2nc(-c3cc(Br)c(Br)s3)ncc21. The van der Waals surface area contributed by atoms with Gasteiger partial charge in [0.2, 0.25) is 0 Å². The van der Waals surface area contributed by atoms with Crippen molar-refractivity contribution < 1.29 is 0 Å². The molecule has 0 fully saturated rings. The minimum atomic E-state index is 0.267. The lowest BCUT2D eigenvalue weighted by Crippen LogP contribution is -2.32. The molecule has 0 amide bonds. The molecule has 2 heterocycles. The molecule has 2 aromatic rings. The molecule has 3 nitrogen and oxygen atoms in total. The van der Waals surface area contributed by atoms with E-state index in [4.69, 9.17) is 4.98 Å². The van der Waals surface area contributed by atoms with Crippen molar-refractivity contribution in [1.82, 2.24) is 15.3 Å². The number of fused-ring (bicyclic) bond motifs is 1. The van der Waals surface area contributed by atoms with Gasteiger partial charge in [-0.15, -0.1) is 11.3 Å². The van der Waals surface area contributed by atoms with E-state index in [1.54, 1.807) is 11.3 Å². The van der Waals surface area contributed by atoms with Gasteiger partial charge in [-0.25, -0.2) is 9.97 Å². The summed E-state index contributed by atoms with van der Waals surface area (Å²) < 4.78 is 2.13. The van der Waals surface area contributed by atoms with E-state index in [0.29, 0.717) is 6.04 Å². The Hall–Kier alpha value is -0.300. The highest BCUT2D eigenvalue weighted by Crippen LogP contribution is 2.41. The van der Waals surface area contributed by atoms with Crippen molar-refractivity contribution in [2.45, 2.75) is 32.7 Å². The van der Waals surface area contributed by atoms with Crippen LogP contribution in [0.3, 0.4) is 0 Å². The average Bonchev–Trinajstić information content (AvgIpc) is 2.76. The van der Waals surface area contributed by atoms with Gasteiger partial charge in [0, 0.05) is 28.0 Å². The third-order valence-corrected chi connectivity index (χ3v) is 7.14. The molecule has 0 bridgehead atoms. The Morgan fingerprint density at radius 2 is 2.14 bits per heavy atom. The van der Waals surface area contributed by atoms with E-state index >= 15 is 0 Å². The average molecular weight is 431 g/mol. The van der Waals surface area contributed by atoms with Crippen LogP contribution in [-0.4, -0.2) is 17.0 Å². The van der Waals surface area contributed by atoms with Crippen LogP contribution in [-0.2, 0) is 6.42 Å². The molecule has 2 aromatic heterocycles. The Kier molecular flexibility index (Phi) is 4.25.